The monoisotopic (exact) mass is 747 g/mol. The number of allylic oxidation sites excluding steroid dienone is 1. The van der Waals surface area contributed by atoms with Crippen molar-refractivity contribution in [2.75, 3.05) is 47.5 Å². The van der Waals surface area contributed by atoms with Crippen LogP contribution in [0.4, 0.5) is 0 Å². The molecule has 0 aromatic rings. The highest BCUT2D eigenvalue weighted by molar-refractivity contribution is 7.47. The number of rotatable bonds is 40. The minimum Gasteiger partial charge on any atom is -0.498 e. The SMILES string of the molecule is CCCCCCCCCCCCCCCC/C=C\OCC(COP(=O)(O)OCC[N+](C)(C)C)OC(=O)CCCCCCCCCCCCCCC. The van der Waals surface area contributed by atoms with E-state index >= 15 is 0 Å². The van der Waals surface area contributed by atoms with Gasteiger partial charge in [-0.3, -0.25) is 13.8 Å². The summed E-state index contributed by atoms with van der Waals surface area (Å²) in [5.74, 6) is -0.333. The fourth-order valence-electron chi connectivity index (χ4n) is 6.05. The summed E-state index contributed by atoms with van der Waals surface area (Å²) in [5, 5.41) is 0. The molecule has 1 N–H and O–H groups in total. The van der Waals surface area contributed by atoms with Crippen molar-refractivity contribution in [1.82, 2.24) is 0 Å². The van der Waals surface area contributed by atoms with Gasteiger partial charge in [0.05, 0.1) is 34.0 Å². The molecule has 0 saturated carbocycles. The fourth-order valence-corrected chi connectivity index (χ4v) is 6.79. The van der Waals surface area contributed by atoms with Crippen LogP contribution in [0.3, 0.4) is 0 Å². The molecule has 0 aromatic carbocycles. The highest BCUT2D eigenvalue weighted by Crippen LogP contribution is 2.43. The predicted molar refractivity (Wildman–Crippen MR) is 215 cm³/mol. The molecule has 0 bridgehead atoms. The maximum atomic E-state index is 12.6. The summed E-state index contributed by atoms with van der Waals surface area (Å²) in [4.78, 5) is 22.8. The number of likely N-dealkylation sites (N-methyl/N-ethyl adjacent to an activating group) is 1. The molecule has 0 spiro atoms. The summed E-state index contributed by atoms with van der Waals surface area (Å²) >= 11 is 0. The minimum absolute atomic E-state index is 0.0540. The summed E-state index contributed by atoms with van der Waals surface area (Å²) in [6, 6.07) is 0. The Kier molecular flexibility index (Phi) is 35.4. The number of quaternary nitrogens is 1. The van der Waals surface area contributed by atoms with E-state index < -0.39 is 13.9 Å². The zero-order valence-electron chi connectivity index (χ0n) is 34.4. The number of carbonyl (C=O) groups excluding carboxylic acids is 1. The van der Waals surface area contributed by atoms with Gasteiger partial charge in [-0.15, -0.1) is 0 Å². The normalized spacial score (nSPS) is 13.8. The lowest BCUT2D eigenvalue weighted by atomic mass is 10.0. The van der Waals surface area contributed by atoms with Gasteiger partial charge < -0.3 is 18.9 Å². The number of esters is 1. The zero-order valence-corrected chi connectivity index (χ0v) is 35.3. The predicted octanol–water partition coefficient (Wildman–Crippen LogP) is 12.6. The molecule has 9 heteroatoms. The van der Waals surface area contributed by atoms with Crippen molar-refractivity contribution < 1.29 is 37.3 Å². The van der Waals surface area contributed by atoms with Crippen molar-refractivity contribution in [2.45, 2.75) is 206 Å². The number of phosphoric acid groups is 1. The fraction of sp³-hybridized carbons (Fsp3) is 0.929. The third-order valence-corrected chi connectivity index (χ3v) is 10.4. The summed E-state index contributed by atoms with van der Waals surface area (Å²) in [6.45, 7) is 4.95. The van der Waals surface area contributed by atoms with Gasteiger partial charge in [-0.1, -0.05) is 174 Å². The van der Waals surface area contributed by atoms with Crippen LogP contribution in [0, 0.1) is 0 Å². The molecular weight excluding hydrogens is 661 g/mol. The zero-order chi connectivity index (χ0) is 37.7. The number of hydrogen-bond acceptors (Lipinski definition) is 6. The second-order valence-electron chi connectivity index (χ2n) is 15.8. The largest absolute Gasteiger partial charge is 0.498 e. The van der Waals surface area contributed by atoms with Crippen LogP contribution >= 0.6 is 7.82 Å². The van der Waals surface area contributed by atoms with Crippen LogP contribution in [0.5, 0.6) is 0 Å². The molecule has 0 amide bonds. The average molecular weight is 747 g/mol. The van der Waals surface area contributed by atoms with Gasteiger partial charge in [0, 0.05) is 6.42 Å². The topological polar surface area (TPSA) is 91.3 Å². The molecule has 0 aromatic heterocycles. The third kappa shape index (κ3) is 40.1. The van der Waals surface area contributed by atoms with Crippen molar-refractivity contribution in [3.63, 3.8) is 0 Å². The van der Waals surface area contributed by atoms with Gasteiger partial charge in [0.1, 0.15) is 19.8 Å². The van der Waals surface area contributed by atoms with Crippen molar-refractivity contribution in [3.05, 3.63) is 12.3 Å². The van der Waals surface area contributed by atoms with Crippen molar-refractivity contribution in [2.24, 2.45) is 0 Å². The van der Waals surface area contributed by atoms with Crippen molar-refractivity contribution in [3.8, 4) is 0 Å². The van der Waals surface area contributed by atoms with Crippen molar-refractivity contribution in [1.29, 1.82) is 0 Å². The van der Waals surface area contributed by atoms with Gasteiger partial charge in [-0.25, -0.2) is 4.57 Å². The number of unbranched alkanes of at least 4 members (excludes halogenated alkanes) is 26. The number of nitrogens with zero attached hydrogens (tertiary/aromatic N) is 1. The molecule has 0 radical (unpaired) electrons. The van der Waals surface area contributed by atoms with E-state index in [1.807, 2.05) is 27.2 Å². The van der Waals surface area contributed by atoms with Crippen molar-refractivity contribution >= 4 is 13.8 Å². The molecule has 0 aliphatic heterocycles. The molecule has 0 heterocycles. The third-order valence-electron chi connectivity index (χ3n) is 9.42. The number of carbonyl (C=O) groups is 1. The smallest absolute Gasteiger partial charge is 0.472 e. The molecule has 0 aliphatic carbocycles. The Labute approximate surface area is 316 Å². The quantitative estimate of drug-likeness (QED) is 0.0219. The first-order valence-electron chi connectivity index (χ1n) is 21.5. The van der Waals surface area contributed by atoms with Gasteiger partial charge in [0.2, 0.25) is 0 Å². The number of hydrogen-bond donors (Lipinski definition) is 1. The molecule has 2 atom stereocenters. The highest BCUT2D eigenvalue weighted by Gasteiger charge is 2.26. The maximum absolute atomic E-state index is 12.6. The van der Waals surface area contributed by atoms with Gasteiger partial charge in [0.25, 0.3) is 0 Å². The average Bonchev–Trinajstić information content (AvgIpc) is 3.08. The molecule has 51 heavy (non-hydrogen) atoms. The summed E-state index contributed by atoms with van der Waals surface area (Å²) in [7, 11) is 1.65. The van der Waals surface area contributed by atoms with E-state index in [0.29, 0.717) is 17.4 Å². The van der Waals surface area contributed by atoms with E-state index in [9.17, 15) is 14.3 Å². The Bertz CT molecular complexity index is 833. The van der Waals surface area contributed by atoms with Crippen LogP contribution in [0.15, 0.2) is 12.3 Å². The lowest BCUT2D eigenvalue weighted by Crippen LogP contribution is -2.37. The highest BCUT2D eigenvalue weighted by atomic mass is 31.2. The lowest BCUT2D eigenvalue weighted by molar-refractivity contribution is -0.870. The number of ether oxygens (including phenoxy) is 2. The van der Waals surface area contributed by atoms with E-state index in [2.05, 4.69) is 13.8 Å². The van der Waals surface area contributed by atoms with Crippen LogP contribution in [0.2, 0.25) is 0 Å². The molecule has 0 rings (SSSR count). The molecule has 0 saturated heterocycles. The Morgan fingerprint density at radius 3 is 1.45 bits per heavy atom. The van der Waals surface area contributed by atoms with Crippen LogP contribution in [0.25, 0.3) is 0 Å². The first kappa shape index (κ1) is 50.1. The van der Waals surface area contributed by atoms with E-state index in [4.69, 9.17) is 18.5 Å². The molecule has 2 unspecified atom stereocenters. The summed E-state index contributed by atoms with van der Waals surface area (Å²) < 4.78 is 34.7. The molecular formula is C42H85NO7P+. The Balaban J connectivity index is 4.27. The Hall–Kier alpha value is -0.920. The Morgan fingerprint density at radius 1 is 0.608 bits per heavy atom. The summed E-state index contributed by atoms with van der Waals surface area (Å²) in [6.07, 6.45) is 39.0. The van der Waals surface area contributed by atoms with E-state index in [1.165, 1.54) is 148 Å². The van der Waals surface area contributed by atoms with Crippen LogP contribution < -0.4 is 0 Å². The minimum atomic E-state index is -4.28. The van der Waals surface area contributed by atoms with Gasteiger partial charge in [-0.2, -0.15) is 0 Å². The van der Waals surface area contributed by atoms with Gasteiger partial charge >= 0.3 is 13.8 Å². The van der Waals surface area contributed by atoms with E-state index in [0.717, 1.165) is 32.1 Å². The standard InChI is InChI=1S/C42H84NO7P/c1-6-8-10-12-14-16-18-20-21-22-24-26-28-30-32-34-37-47-39-41(40-49-51(45,46)48-38-36-43(3,4)5)50-42(44)35-33-31-29-27-25-23-19-17-15-13-11-9-7-2/h34,37,41H,6-33,35-36,38-40H2,1-5H3/p+1/b37-34-. The van der Waals surface area contributed by atoms with E-state index in [1.54, 1.807) is 6.26 Å². The molecule has 0 aliphatic rings. The number of phosphoric ester groups is 1. The van der Waals surface area contributed by atoms with Crippen LogP contribution in [-0.2, 0) is 27.9 Å². The molecule has 0 fully saturated rings. The Morgan fingerprint density at radius 2 is 1.02 bits per heavy atom. The molecule has 304 valence electrons. The maximum Gasteiger partial charge on any atom is 0.472 e. The van der Waals surface area contributed by atoms with Gasteiger partial charge in [0.15, 0.2) is 6.10 Å². The second kappa shape index (κ2) is 36.1. The first-order valence-corrected chi connectivity index (χ1v) is 23.0. The van der Waals surface area contributed by atoms with E-state index in [-0.39, 0.29) is 25.8 Å². The molecule has 8 nitrogen and oxygen atoms in total. The van der Waals surface area contributed by atoms with Crippen LogP contribution in [-0.4, -0.2) is 69.0 Å². The van der Waals surface area contributed by atoms with Crippen LogP contribution in [0.1, 0.15) is 200 Å². The first-order chi connectivity index (χ1) is 24.6. The van der Waals surface area contributed by atoms with Gasteiger partial charge in [-0.05, 0) is 25.3 Å². The lowest BCUT2D eigenvalue weighted by Gasteiger charge is -2.24. The second-order valence-corrected chi connectivity index (χ2v) is 17.3. The summed E-state index contributed by atoms with van der Waals surface area (Å²) in [5.41, 5.74) is 0.